The molecule has 0 saturated carbocycles. The van der Waals surface area contributed by atoms with Crippen LogP contribution in [-0.2, 0) is 6.42 Å². The summed E-state index contributed by atoms with van der Waals surface area (Å²) in [7, 11) is 1.63. The van der Waals surface area contributed by atoms with Gasteiger partial charge in [-0.2, -0.15) is 0 Å². The standard InChI is InChI=1S/C17H28N4O/c1-3-4-5-6-11-20-17(18)21-12-10-14-8-7-9-15(13-14)16(22)19-2/h7-9,13H,3-6,10-12H2,1-2H3,(H,19,22)(H3,18,20,21). The fraction of sp³-hybridized carbons (Fsp3) is 0.529. The third kappa shape index (κ3) is 7.11. The minimum Gasteiger partial charge on any atom is -0.370 e. The van der Waals surface area contributed by atoms with Crippen molar-refractivity contribution in [3.8, 4) is 0 Å². The van der Waals surface area contributed by atoms with E-state index in [9.17, 15) is 4.79 Å². The number of unbranched alkanes of at least 4 members (excludes halogenated alkanes) is 3. The van der Waals surface area contributed by atoms with Crippen LogP contribution < -0.4 is 16.4 Å². The van der Waals surface area contributed by atoms with E-state index in [1.54, 1.807) is 7.05 Å². The first-order valence-electron chi connectivity index (χ1n) is 8.02. The number of hydrogen-bond acceptors (Lipinski definition) is 2. The highest BCUT2D eigenvalue weighted by molar-refractivity contribution is 5.94. The Hall–Kier alpha value is -2.04. The van der Waals surface area contributed by atoms with Gasteiger partial charge in [0.15, 0.2) is 5.96 Å². The van der Waals surface area contributed by atoms with E-state index in [-0.39, 0.29) is 5.91 Å². The molecule has 0 unspecified atom stereocenters. The number of guanidine groups is 1. The van der Waals surface area contributed by atoms with Gasteiger partial charge in [-0.25, -0.2) is 0 Å². The summed E-state index contributed by atoms with van der Waals surface area (Å²) in [4.78, 5) is 15.9. The Morgan fingerprint density at radius 1 is 1.27 bits per heavy atom. The second-order valence-electron chi connectivity index (χ2n) is 5.28. The third-order valence-electron chi connectivity index (χ3n) is 3.43. The lowest BCUT2D eigenvalue weighted by atomic mass is 10.1. The second-order valence-corrected chi connectivity index (χ2v) is 5.28. The number of hydrogen-bond donors (Lipinski definition) is 3. The molecular formula is C17H28N4O. The van der Waals surface area contributed by atoms with Gasteiger partial charge in [-0.1, -0.05) is 38.3 Å². The molecule has 0 aliphatic heterocycles. The van der Waals surface area contributed by atoms with Crippen LogP contribution in [0.4, 0.5) is 0 Å². The molecule has 1 aromatic carbocycles. The van der Waals surface area contributed by atoms with Crippen molar-refractivity contribution in [2.24, 2.45) is 10.7 Å². The smallest absolute Gasteiger partial charge is 0.251 e. The summed E-state index contributed by atoms with van der Waals surface area (Å²) < 4.78 is 0. The normalized spacial score (nSPS) is 11.3. The first-order valence-corrected chi connectivity index (χ1v) is 8.02. The molecule has 0 heterocycles. The summed E-state index contributed by atoms with van der Waals surface area (Å²) in [6.45, 7) is 3.69. The van der Waals surface area contributed by atoms with Crippen molar-refractivity contribution in [1.29, 1.82) is 0 Å². The highest BCUT2D eigenvalue weighted by Crippen LogP contribution is 2.05. The predicted octanol–water partition coefficient (Wildman–Crippen LogP) is 2.07. The Morgan fingerprint density at radius 2 is 2.09 bits per heavy atom. The maximum atomic E-state index is 11.6. The van der Waals surface area contributed by atoms with E-state index in [1.165, 1.54) is 19.3 Å². The number of carbonyl (C=O) groups excluding carboxylic acids is 1. The lowest BCUT2D eigenvalue weighted by molar-refractivity contribution is 0.0963. The Bertz CT molecular complexity index is 485. The van der Waals surface area contributed by atoms with Crippen LogP contribution >= 0.6 is 0 Å². The predicted molar refractivity (Wildman–Crippen MR) is 92.2 cm³/mol. The van der Waals surface area contributed by atoms with E-state index in [4.69, 9.17) is 5.73 Å². The van der Waals surface area contributed by atoms with E-state index in [0.29, 0.717) is 18.1 Å². The first kappa shape index (κ1) is 18.0. The topological polar surface area (TPSA) is 79.5 Å². The zero-order valence-corrected chi connectivity index (χ0v) is 13.7. The van der Waals surface area contributed by atoms with E-state index in [2.05, 4.69) is 22.5 Å². The molecule has 0 radical (unpaired) electrons. The molecule has 0 atom stereocenters. The monoisotopic (exact) mass is 304 g/mol. The van der Waals surface area contributed by atoms with Crippen LogP contribution in [0.5, 0.6) is 0 Å². The molecule has 0 aliphatic rings. The Balaban J connectivity index is 2.31. The highest BCUT2D eigenvalue weighted by atomic mass is 16.1. The molecule has 22 heavy (non-hydrogen) atoms. The van der Waals surface area contributed by atoms with Crippen molar-refractivity contribution in [3.05, 3.63) is 35.4 Å². The van der Waals surface area contributed by atoms with Crippen molar-refractivity contribution in [2.75, 3.05) is 20.1 Å². The minimum atomic E-state index is -0.0667. The highest BCUT2D eigenvalue weighted by Gasteiger charge is 2.03. The first-order chi connectivity index (χ1) is 10.7. The largest absolute Gasteiger partial charge is 0.370 e. The number of carbonyl (C=O) groups is 1. The van der Waals surface area contributed by atoms with Gasteiger partial charge in [0.25, 0.3) is 5.91 Å². The summed E-state index contributed by atoms with van der Waals surface area (Å²) >= 11 is 0. The van der Waals surface area contributed by atoms with Gasteiger partial charge in [0, 0.05) is 25.7 Å². The molecule has 122 valence electrons. The number of nitrogens with one attached hydrogen (secondary N) is 2. The van der Waals surface area contributed by atoms with E-state index < -0.39 is 0 Å². The van der Waals surface area contributed by atoms with Crippen LogP contribution in [0.15, 0.2) is 29.3 Å². The molecule has 1 rings (SSSR count). The fourth-order valence-corrected chi connectivity index (χ4v) is 2.14. The molecule has 1 amide bonds. The average Bonchev–Trinajstić information content (AvgIpc) is 2.54. The van der Waals surface area contributed by atoms with Crippen molar-refractivity contribution >= 4 is 11.9 Å². The fourth-order valence-electron chi connectivity index (χ4n) is 2.14. The number of aliphatic imine (C=N–C) groups is 1. The van der Waals surface area contributed by atoms with Gasteiger partial charge in [-0.3, -0.25) is 9.79 Å². The molecule has 0 spiro atoms. The zero-order valence-electron chi connectivity index (χ0n) is 13.7. The molecule has 4 N–H and O–H groups in total. The van der Waals surface area contributed by atoms with Gasteiger partial charge >= 0.3 is 0 Å². The lowest BCUT2D eigenvalue weighted by Gasteiger charge is -2.07. The quantitative estimate of drug-likeness (QED) is 0.371. The van der Waals surface area contributed by atoms with Gasteiger partial charge in [0.1, 0.15) is 0 Å². The summed E-state index contributed by atoms with van der Waals surface area (Å²) in [6, 6.07) is 7.61. The number of nitrogens with zero attached hydrogens (tertiary/aromatic N) is 1. The SMILES string of the molecule is CCCCCCN=C(N)NCCc1cccc(C(=O)NC)c1. The number of benzene rings is 1. The van der Waals surface area contributed by atoms with E-state index in [0.717, 1.165) is 24.9 Å². The van der Waals surface area contributed by atoms with Crippen molar-refractivity contribution in [1.82, 2.24) is 10.6 Å². The van der Waals surface area contributed by atoms with Crippen LogP contribution in [0.1, 0.15) is 48.5 Å². The van der Waals surface area contributed by atoms with Gasteiger partial charge in [0.05, 0.1) is 0 Å². The number of rotatable bonds is 9. The molecule has 5 nitrogen and oxygen atoms in total. The van der Waals surface area contributed by atoms with Crippen LogP contribution in [0, 0.1) is 0 Å². The molecule has 0 aliphatic carbocycles. The van der Waals surface area contributed by atoms with Crippen molar-refractivity contribution < 1.29 is 4.79 Å². The van der Waals surface area contributed by atoms with Gasteiger partial charge in [0.2, 0.25) is 0 Å². The van der Waals surface area contributed by atoms with Gasteiger partial charge in [-0.05, 0) is 30.5 Å². The van der Waals surface area contributed by atoms with Gasteiger partial charge in [-0.15, -0.1) is 0 Å². The number of nitrogens with two attached hydrogens (primary N) is 1. The lowest BCUT2D eigenvalue weighted by Crippen LogP contribution is -2.33. The third-order valence-corrected chi connectivity index (χ3v) is 3.43. The molecular weight excluding hydrogens is 276 g/mol. The Labute approximate surface area is 133 Å². The summed E-state index contributed by atoms with van der Waals surface area (Å²) in [5, 5.41) is 5.74. The maximum absolute atomic E-state index is 11.6. The van der Waals surface area contributed by atoms with Crippen LogP contribution in [0.3, 0.4) is 0 Å². The Kier molecular flexibility index (Phi) is 8.72. The molecule has 0 saturated heterocycles. The summed E-state index contributed by atoms with van der Waals surface area (Å²) in [6.07, 6.45) is 5.58. The summed E-state index contributed by atoms with van der Waals surface area (Å²) in [5.41, 5.74) is 7.61. The van der Waals surface area contributed by atoms with Crippen LogP contribution in [0.25, 0.3) is 0 Å². The molecule has 0 aromatic heterocycles. The minimum absolute atomic E-state index is 0.0667. The Morgan fingerprint density at radius 3 is 2.82 bits per heavy atom. The molecule has 1 aromatic rings. The van der Waals surface area contributed by atoms with E-state index in [1.807, 2.05) is 24.3 Å². The molecule has 0 bridgehead atoms. The van der Waals surface area contributed by atoms with Crippen LogP contribution in [0.2, 0.25) is 0 Å². The second kappa shape index (κ2) is 10.7. The number of amides is 1. The van der Waals surface area contributed by atoms with Gasteiger partial charge < -0.3 is 16.4 Å². The van der Waals surface area contributed by atoms with Crippen molar-refractivity contribution in [3.63, 3.8) is 0 Å². The average molecular weight is 304 g/mol. The molecule has 0 fully saturated rings. The zero-order chi connectivity index (χ0) is 16.2. The maximum Gasteiger partial charge on any atom is 0.251 e. The van der Waals surface area contributed by atoms with Crippen molar-refractivity contribution in [2.45, 2.75) is 39.0 Å². The van der Waals surface area contributed by atoms with E-state index >= 15 is 0 Å². The summed E-state index contributed by atoms with van der Waals surface area (Å²) in [5.74, 6) is 0.432. The van der Waals surface area contributed by atoms with Crippen LogP contribution in [-0.4, -0.2) is 32.0 Å². The molecule has 5 heteroatoms.